The van der Waals surface area contributed by atoms with Gasteiger partial charge in [-0.3, -0.25) is 4.57 Å². The van der Waals surface area contributed by atoms with Crippen LogP contribution in [0.1, 0.15) is 5.82 Å². The molecule has 0 saturated carbocycles. The molecule has 3 rings (SSSR count). The van der Waals surface area contributed by atoms with Gasteiger partial charge in [0.25, 0.3) is 0 Å². The van der Waals surface area contributed by atoms with Gasteiger partial charge in [0.05, 0.1) is 31.1 Å². The van der Waals surface area contributed by atoms with Crippen molar-refractivity contribution in [3.8, 4) is 17.2 Å². The van der Waals surface area contributed by atoms with Gasteiger partial charge in [0.2, 0.25) is 0 Å². The summed E-state index contributed by atoms with van der Waals surface area (Å²) in [5.74, 6) is 2.74. The molecule has 0 amide bonds. The van der Waals surface area contributed by atoms with E-state index in [1.54, 1.807) is 14.2 Å². The summed E-state index contributed by atoms with van der Waals surface area (Å²) in [6.07, 6.45) is 0. The first-order chi connectivity index (χ1) is 10.3. The maximum atomic E-state index is 6.05. The molecule has 0 unspecified atom stereocenters. The molecule has 0 atom stereocenters. The maximum absolute atomic E-state index is 6.05. The molecule has 0 spiro atoms. The Morgan fingerprint density at radius 1 is 1.00 bits per heavy atom. The minimum Gasteiger partial charge on any atom is -0.497 e. The lowest BCUT2D eigenvalue weighted by Gasteiger charge is -2.09. The quantitative estimate of drug-likeness (QED) is 0.688. The Labute approximate surface area is 127 Å². The molecule has 21 heavy (non-hydrogen) atoms. The fraction of sp³-hybridized carbons (Fsp3) is 0.188. The fourth-order valence-corrected chi connectivity index (χ4v) is 2.52. The van der Waals surface area contributed by atoms with E-state index in [0.717, 1.165) is 34.0 Å². The lowest BCUT2D eigenvalue weighted by Crippen LogP contribution is -1.99. The summed E-state index contributed by atoms with van der Waals surface area (Å²) >= 11 is 6.05. The number of nitrogens with zero attached hydrogens (tertiary/aromatic N) is 2. The van der Waals surface area contributed by atoms with Crippen LogP contribution >= 0.6 is 11.6 Å². The monoisotopic (exact) mass is 302 g/mol. The minimum atomic E-state index is 0.336. The molecule has 108 valence electrons. The molecule has 2 aromatic carbocycles. The number of aromatic nitrogens is 2. The topological polar surface area (TPSA) is 36.3 Å². The second kappa shape index (κ2) is 5.66. The van der Waals surface area contributed by atoms with Crippen LogP contribution in [0.2, 0.25) is 0 Å². The molecule has 0 radical (unpaired) electrons. The highest BCUT2D eigenvalue weighted by molar-refractivity contribution is 6.17. The Morgan fingerprint density at radius 3 is 2.29 bits per heavy atom. The van der Waals surface area contributed by atoms with Gasteiger partial charge in [-0.05, 0) is 36.4 Å². The van der Waals surface area contributed by atoms with E-state index in [1.807, 2.05) is 47.0 Å². The van der Waals surface area contributed by atoms with Crippen molar-refractivity contribution in [2.45, 2.75) is 5.88 Å². The van der Waals surface area contributed by atoms with E-state index in [2.05, 4.69) is 4.98 Å². The first-order valence-electron chi connectivity index (χ1n) is 6.52. The number of hydrogen-bond donors (Lipinski definition) is 0. The summed E-state index contributed by atoms with van der Waals surface area (Å²) < 4.78 is 12.5. The average molecular weight is 303 g/mol. The van der Waals surface area contributed by atoms with Crippen molar-refractivity contribution in [3.63, 3.8) is 0 Å². The SMILES string of the molecule is COc1ccc(-n2c(CCl)nc3ccc(OC)cc32)cc1. The Hall–Kier alpha value is -2.20. The molecule has 0 bridgehead atoms. The zero-order chi connectivity index (χ0) is 14.8. The normalized spacial score (nSPS) is 10.8. The number of rotatable bonds is 4. The molecule has 0 fully saturated rings. The third-order valence-electron chi connectivity index (χ3n) is 3.38. The van der Waals surface area contributed by atoms with E-state index in [1.165, 1.54) is 0 Å². The van der Waals surface area contributed by atoms with E-state index >= 15 is 0 Å². The van der Waals surface area contributed by atoms with Crippen LogP contribution in [0.25, 0.3) is 16.7 Å². The molecule has 1 heterocycles. The van der Waals surface area contributed by atoms with E-state index < -0.39 is 0 Å². The van der Waals surface area contributed by atoms with Crippen LogP contribution in [0.15, 0.2) is 42.5 Å². The smallest absolute Gasteiger partial charge is 0.129 e. The first-order valence-corrected chi connectivity index (χ1v) is 7.06. The predicted molar refractivity (Wildman–Crippen MR) is 83.7 cm³/mol. The molecular formula is C16H15ClN2O2. The van der Waals surface area contributed by atoms with Crippen molar-refractivity contribution in [3.05, 3.63) is 48.3 Å². The highest BCUT2D eigenvalue weighted by Crippen LogP contribution is 2.27. The van der Waals surface area contributed by atoms with E-state index in [0.29, 0.717) is 5.88 Å². The van der Waals surface area contributed by atoms with Crippen molar-refractivity contribution < 1.29 is 9.47 Å². The van der Waals surface area contributed by atoms with Gasteiger partial charge in [0.15, 0.2) is 0 Å². The number of alkyl halides is 1. The fourth-order valence-electron chi connectivity index (χ4n) is 2.34. The van der Waals surface area contributed by atoms with Crippen LogP contribution in [-0.4, -0.2) is 23.8 Å². The number of fused-ring (bicyclic) bond motifs is 1. The van der Waals surface area contributed by atoms with Gasteiger partial charge in [-0.1, -0.05) is 0 Å². The molecule has 0 aliphatic heterocycles. The van der Waals surface area contributed by atoms with Gasteiger partial charge in [0, 0.05) is 11.8 Å². The van der Waals surface area contributed by atoms with E-state index in [9.17, 15) is 0 Å². The van der Waals surface area contributed by atoms with E-state index in [-0.39, 0.29) is 0 Å². The van der Waals surface area contributed by atoms with Crippen LogP contribution < -0.4 is 9.47 Å². The molecule has 0 aliphatic carbocycles. The van der Waals surface area contributed by atoms with Crippen molar-refractivity contribution in [2.75, 3.05) is 14.2 Å². The number of halogens is 1. The third kappa shape index (κ3) is 2.43. The lowest BCUT2D eigenvalue weighted by atomic mass is 10.2. The highest BCUT2D eigenvalue weighted by Gasteiger charge is 2.12. The van der Waals surface area contributed by atoms with E-state index in [4.69, 9.17) is 21.1 Å². The first kappa shape index (κ1) is 13.8. The van der Waals surface area contributed by atoms with Crippen LogP contribution in [0.4, 0.5) is 0 Å². The van der Waals surface area contributed by atoms with Gasteiger partial charge in [-0.25, -0.2) is 4.98 Å². The van der Waals surface area contributed by atoms with Gasteiger partial charge >= 0.3 is 0 Å². The number of imidazole rings is 1. The number of ether oxygens (including phenoxy) is 2. The zero-order valence-corrected chi connectivity index (χ0v) is 12.6. The summed E-state index contributed by atoms with van der Waals surface area (Å²) in [5, 5.41) is 0. The molecule has 0 aliphatic rings. The molecule has 3 aromatic rings. The Bertz CT molecular complexity index is 766. The summed E-state index contributed by atoms with van der Waals surface area (Å²) in [7, 11) is 3.30. The summed E-state index contributed by atoms with van der Waals surface area (Å²) in [6, 6.07) is 13.6. The molecule has 0 saturated heterocycles. The van der Waals surface area contributed by atoms with Gasteiger partial charge < -0.3 is 9.47 Å². The van der Waals surface area contributed by atoms with Crippen LogP contribution in [0.5, 0.6) is 11.5 Å². The molecular weight excluding hydrogens is 288 g/mol. The lowest BCUT2D eigenvalue weighted by molar-refractivity contribution is 0.414. The molecule has 1 aromatic heterocycles. The van der Waals surface area contributed by atoms with Crippen LogP contribution in [-0.2, 0) is 5.88 Å². The van der Waals surface area contributed by atoms with Gasteiger partial charge in [-0.2, -0.15) is 0 Å². The van der Waals surface area contributed by atoms with Crippen LogP contribution in [0, 0.1) is 0 Å². The van der Waals surface area contributed by atoms with Crippen molar-refractivity contribution >= 4 is 22.6 Å². The second-order valence-corrected chi connectivity index (χ2v) is 4.82. The summed E-state index contributed by atoms with van der Waals surface area (Å²) in [5.41, 5.74) is 2.85. The molecule has 4 nitrogen and oxygen atoms in total. The molecule has 5 heteroatoms. The number of hydrogen-bond acceptors (Lipinski definition) is 3. The summed E-state index contributed by atoms with van der Waals surface area (Å²) in [6.45, 7) is 0. The summed E-state index contributed by atoms with van der Waals surface area (Å²) in [4.78, 5) is 4.57. The van der Waals surface area contributed by atoms with Crippen molar-refractivity contribution in [1.29, 1.82) is 0 Å². The van der Waals surface area contributed by atoms with Crippen molar-refractivity contribution in [2.24, 2.45) is 0 Å². The Kier molecular flexibility index (Phi) is 3.71. The predicted octanol–water partition coefficient (Wildman–Crippen LogP) is 3.78. The Morgan fingerprint density at radius 2 is 1.67 bits per heavy atom. The molecule has 0 N–H and O–H groups in total. The minimum absolute atomic E-state index is 0.336. The second-order valence-electron chi connectivity index (χ2n) is 4.55. The highest BCUT2D eigenvalue weighted by atomic mass is 35.5. The maximum Gasteiger partial charge on any atom is 0.129 e. The zero-order valence-electron chi connectivity index (χ0n) is 11.8. The average Bonchev–Trinajstić information content (AvgIpc) is 2.92. The largest absolute Gasteiger partial charge is 0.497 e. The third-order valence-corrected chi connectivity index (χ3v) is 3.62. The van der Waals surface area contributed by atoms with Crippen LogP contribution in [0.3, 0.4) is 0 Å². The number of methoxy groups -OCH3 is 2. The Balaban J connectivity index is 2.22. The van der Waals surface area contributed by atoms with Gasteiger partial charge in [-0.15, -0.1) is 11.6 Å². The standard InChI is InChI=1S/C16H15ClN2O2/c1-20-12-5-3-11(4-6-12)19-15-9-13(21-2)7-8-14(15)18-16(19)10-17/h3-9H,10H2,1-2H3. The number of benzene rings is 2. The van der Waals surface area contributed by atoms with Crippen molar-refractivity contribution in [1.82, 2.24) is 9.55 Å². The van der Waals surface area contributed by atoms with Gasteiger partial charge in [0.1, 0.15) is 17.3 Å².